The Morgan fingerprint density at radius 2 is 2.18 bits per heavy atom. The van der Waals surface area contributed by atoms with Gasteiger partial charge in [-0.1, -0.05) is 22.4 Å². The van der Waals surface area contributed by atoms with E-state index >= 15 is 0 Å². The maximum absolute atomic E-state index is 13.7. The van der Waals surface area contributed by atoms with Crippen molar-refractivity contribution >= 4 is 21.6 Å². The van der Waals surface area contributed by atoms with Gasteiger partial charge in [0.15, 0.2) is 0 Å². The van der Waals surface area contributed by atoms with Gasteiger partial charge in [-0.3, -0.25) is 0 Å². The van der Waals surface area contributed by atoms with Crippen LogP contribution >= 0.6 is 15.9 Å². The molecule has 1 saturated carbocycles. The molecule has 0 saturated heterocycles. The summed E-state index contributed by atoms with van der Waals surface area (Å²) < 4.78 is 14.6. The summed E-state index contributed by atoms with van der Waals surface area (Å²) in [6.07, 6.45) is 3.55. The number of hydrogen-bond acceptors (Lipinski definition) is 2. The van der Waals surface area contributed by atoms with Crippen LogP contribution in [0, 0.1) is 11.2 Å². The van der Waals surface area contributed by atoms with Crippen LogP contribution in [0.1, 0.15) is 19.3 Å². The molecule has 0 bridgehead atoms. The monoisotopic (exact) mass is 300 g/mol. The molecule has 0 unspecified atom stereocenters. The first kappa shape index (κ1) is 12.8. The van der Waals surface area contributed by atoms with E-state index in [1.54, 1.807) is 6.07 Å². The van der Waals surface area contributed by atoms with Crippen LogP contribution in [0.5, 0.6) is 0 Å². The highest BCUT2D eigenvalue weighted by Crippen LogP contribution is 2.41. The van der Waals surface area contributed by atoms with E-state index in [2.05, 4.69) is 15.9 Å². The Bertz CT molecular complexity index is 399. The van der Waals surface area contributed by atoms with Gasteiger partial charge in [0.05, 0.1) is 5.69 Å². The number of halogens is 2. The molecule has 0 spiro atoms. The van der Waals surface area contributed by atoms with Crippen molar-refractivity contribution in [2.75, 3.05) is 25.0 Å². The summed E-state index contributed by atoms with van der Waals surface area (Å²) in [6, 6.07) is 5.03. The highest BCUT2D eigenvalue weighted by Gasteiger charge is 2.36. The van der Waals surface area contributed by atoms with E-state index in [1.807, 2.05) is 18.0 Å². The second-order valence-corrected chi connectivity index (χ2v) is 5.93. The van der Waals surface area contributed by atoms with Gasteiger partial charge in [0.25, 0.3) is 0 Å². The molecule has 1 aliphatic rings. The molecule has 0 atom stereocenters. The molecule has 2 nitrogen and oxygen atoms in total. The molecule has 0 aromatic heterocycles. The Hall–Kier alpha value is -0.610. The van der Waals surface area contributed by atoms with Gasteiger partial charge in [0.2, 0.25) is 0 Å². The maximum Gasteiger partial charge on any atom is 0.146 e. The minimum Gasteiger partial charge on any atom is -0.372 e. The summed E-state index contributed by atoms with van der Waals surface area (Å²) in [7, 11) is 1.93. The lowest BCUT2D eigenvalue weighted by atomic mass is 9.68. The van der Waals surface area contributed by atoms with Crippen LogP contribution in [0.2, 0.25) is 0 Å². The summed E-state index contributed by atoms with van der Waals surface area (Å²) in [5.41, 5.74) is 6.67. The smallest absolute Gasteiger partial charge is 0.146 e. The summed E-state index contributed by atoms with van der Waals surface area (Å²) >= 11 is 3.37. The minimum absolute atomic E-state index is 0.179. The van der Waals surface area contributed by atoms with E-state index in [0.29, 0.717) is 12.2 Å². The molecule has 1 fully saturated rings. The number of hydrogen-bond donors (Lipinski definition) is 1. The van der Waals surface area contributed by atoms with E-state index in [1.165, 1.54) is 12.5 Å². The lowest BCUT2D eigenvalue weighted by Gasteiger charge is -2.44. The summed E-state index contributed by atoms with van der Waals surface area (Å²) in [5.74, 6) is -0.179. The zero-order valence-electron chi connectivity index (χ0n) is 10.0. The van der Waals surface area contributed by atoms with Crippen LogP contribution in [0.3, 0.4) is 0 Å². The van der Waals surface area contributed by atoms with Crippen LogP contribution in [0.4, 0.5) is 10.1 Å². The van der Waals surface area contributed by atoms with Gasteiger partial charge in [0.1, 0.15) is 5.82 Å². The Balaban J connectivity index is 2.13. The Kier molecular flexibility index (Phi) is 3.73. The molecule has 0 amide bonds. The summed E-state index contributed by atoms with van der Waals surface area (Å²) in [5, 5.41) is 0. The predicted molar refractivity (Wildman–Crippen MR) is 72.7 cm³/mol. The molecule has 0 aliphatic heterocycles. The Morgan fingerprint density at radius 3 is 2.71 bits per heavy atom. The van der Waals surface area contributed by atoms with Gasteiger partial charge in [0, 0.05) is 23.5 Å². The molecule has 1 aliphatic carbocycles. The molecule has 2 rings (SSSR count). The zero-order chi connectivity index (χ0) is 12.5. The number of anilines is 1. The third-order valence-corrected chi connectivity index (χ3v) is 4.23. The van der Waals surface area contributed by atoms with Crippen LogP contribution < -0.4 is 10.6 Å². The number of benzene rings is 1. The van der Waals surface area contributed by atoms with Crippen molar-refractivity contribution in [2.24, 2.45) is 11.1 Å². The van der Waals surface area contributed by atoms with Gasteiger partial charge >= 0.3 is 0 Å². The topological polar surface area (TPSA) is 29.3 Å². The fourth-order valence-corrected chi connectivity index (χ4v) is 2.82. The highest BCUT2D eigenvalue weighted by molar-refractivity contribution is 9.10. The Morgan fingerprint density at radius 1 is 1.47 bits per heavy atom. The minimum atomic E-state index is -0.179. The average molecular weight is 301 g/mol. The maximum atomic E-state index is 13.7. The standard InChI is InChI=1S/C13H18BrFN2/c1-17(9-13(8-16)5-2-6-13)12-7-10(14)3-4-11(12)15/h3-4,7H,2,5-6,8-9,16H2,1H3. The van der Waals surface area contributed by atoms with Gasteiger partial charge in [-0.05, 0) is 37.6 Å². The van der Waals surface area contributed by atoms with E-state index in [9.17, 15) is 4.39 Å². The van der Waals surface area contributed by atoms with Crippen molar-refractivity contribution < 1.29 is 4.39 Å². The molecule has 17 heavy (non-hydrogen) atoms. The van der Waals surface area contributed by atoms with E-state index in [-0.39, 0.29) is 11.2 Å². The number of nitrogens with two attached hydrogens (primary N) is 1. The van der Waals surface area contributed by atoms with Gasteiger partial charge in [-0.15, -0.1) is 0 Å². The first-order valence-corrected chi connectivity index (χ1v) is 6.72. The molecular formula is C13H18BrFN2. The van der Waals surface area contributed by atoms with Crippen LogP contribution in [-0.2, 0) is 0 Å². The first-order chi connectivity index (χ1) is 8.06. The first-order valence-electron chi connectivity index (χ1n) is 5.93. The Labute approximate surface area is 110 Å². The second-order valence-electron chi connectivity index (χ2n) is 5.01. The van der Waals surface area contributed by atoms with Crippen molar-refractivity contribution in [3.05, 3.63) is 28.5 Å². The quantitative estimate of drug-likeness (QED) is 0.925. The van der Waals surface area contributed by atoms with Gasteiger partial charge in [-0.2, -0.15) is 0 Å². The second kappa shape index (κ2) is 4.94. The molecule has 2 N–H and O–H groups in total. The molecule has 1 aromatic rings. The number of nitrogens with zero attached hydrogens (tertiary/aromatic N) is 1. The number of rotatable bonds is 4. The van der Waals surface area contributed by atoms with Crippen molar-refractivity contribution in [2.45, 2.75) is 19.3 Å². The fourth-order valence-electron chi connectivity index (χ4n) is 2.47. The van der Waals surface area contributed by atoms with E-state index < -0.39 is 0 Å². The third-order valence-electron chi connectivity index (χ3n) is 3.74. The van der Waals surface area contributed by atoms with Crippen molar-refractivity contribution in [1.82, 2.24) is 0 Å². The highest BCUT2D eigenvalue weighted by atomic mass is 79.9. The van der Waals surface area contributed by atoms with Crippen molar-refractivity contribution in [3.63, 3.8) is 0 Å². The van der Waals surface area contributed by atoms with Crippen molar-refractivity contribution in [1.29, 1.82) is 0 Å². The SMILES string of the molecule is CN(CC1(CN)CCC1)c1cc(Br)ccc1F. The summed E-state index contributed by atoms with van der Waals surface area (Å²) in [6.45, 7) is 1.52. The molecular weight excluding hydrogens is 283 g/mol. The largest absolute Gasteiger partial charge is 0.372 e. The molecule has 1 aromatic carbocycles. The molecule has 94 valence electrons. The predicted octanol–water partition coefficient (Wildman–Crippen LogP) is 3.15. The molecule has 0 radical (unpaired) electrons. The van der Waals surface area contributed by atoms with Gasteiger partial charge < -0.3 is 10.6 Å². The fraction of sp³-hybridized carbons (Fsp3) is 0.538. The van der Waals surface area contributed by atoms with E-state index in [0.717, 1.165) is 23.9 Å². The van der Waals surface area contributed by atoms with Gasteiger partial charge in [-0.25, -0.2) is 4.39 Å². The summed E-state index contributed by atoms with van der Waals surface area (Å²) in [4.78, 5) is 1.98. The van der Waals surface area contributed by atoms with Crippen molar-refractivity contribution in [3.8, 4) is 0 Å². The normalized spacial score (nSPS) is 17.6. The van der Waals surface area contributed by atoms with E-state index in [4.69, 9.17) is 5.73 Å². The average Bonchev–Trinajstić information content (AvgIpc) is 2.26. The lowest BCUT2D eigenvalue weighted by Crippen LogP contribution is -2.46. The van der Waals surface area contributed by atoms with Crippen LogP contribution in [-0.4, -0.2) is 20.1 Å². The third kappa shape index (κ3) is 2.63. The zero-order valence-corrected chi connectivity index (χ0v) is 11.6. The lowest BCUT2D eigenvalue weighted by molar-refractivity contribution is 0.154. The molecule has 0 heterocycles. The van der Waals surface area contributed by atoms with Crippen LogP contribution in [0.25, 0.3) is 0 Å². The molecule has 4 heteroatoms. The van der Waals surface area contributed by atoms with Crippen LogP contribution in [0.15, 0.2) is 22.7 Å².